The molecule has 26 heavy (non-hydrogen) atoms. The van der Waals surface area contributed by atoms with Gasteiger partial charge in [-0.15, -0.1) is 23.2 Å². The molecule has 0 spiro atoms. The summed E-state index contributed by atoms with van der Waals surface area (Å²) >= 11 is 11.7. The van der Waals surface area contributed by atoms with Crippen molar-refractivity contribution in [2.75, 3.05) is 18.0 Å². The lowest BCUT2D eigenvalue weighted by Crippen LogP contribution is -2.36. The number of hydrogen-bond donors (Lipinski definition) is 1. The van der Waals surface area contributed by atoms with E-state index < -0.39 is 22.4 Å². The fourth-order valence-electron chi connectivity index (χ4n) is 3.22. The molecule has 2 amide bonds. The van der Waals surface area contributed by atoms with E-state index in [-0.39, 0.29) is 17.9 Å². The van der Waals surface area contributed by atoms with E-state index in [1.165, 1.54) is 4.90 Å². The van der Waals surface area contributed by atoms with Gasteiger partial charge in [-0.2, -0.15) is 5.26 Å². The highest BCUT2D eigenvalue weighted by Crippen LogP contribution is 2.53. The molecule has 1 N–H and O–H groups in total. The second-order valence-electron chi connectivity index (χ2n) is 7.12. The molecule has 1 aliphatic heterocycles. The molecule has 3 aliphatic rings. The lowest BCUT2D eigenvalue weighted by molar-refractivity contribution is -0.122. The number of alkyl halides is 2. The highest BCUT2D eigenvalue weighted by atomic mass is 35.5. The largest absolute Gasteiger partial charge is 0.442 e. The normalized spacial score (nSPS) is 27.4. The molecular formula is C18H17Cl2N3O3. The van der Waals surface area contributed by atoms with Gasteiger partial charge >= 0.3 is 6.09 Å². The fourth-order valence-corrected chi connectivity index (χ4v) is 3.73. The van der Waals surface area contributed by atoms with Crippen LogP contribution in [0.2, 0.25) is 0 Å². The summed E-state index contributed by atoms with van der Waals surface area (Å²) in [6.45, 7) is 0.566. The Morgan fingerprint density at radius 1 is 1.35 bits per heavy atom. The van der Waals surface area contributed by atoms with Gasteiger partial charge in [-0.05, 0) is 37.0 Å². The molecule has 2 saturated carbocycles. The van der Waals surface area contributed by atoms with E-state index in [2.05, 4.69) is 11.4 Å². The molecule has 0 radical (unpaired) electrons. The standard InChI is InChI=1S/C18H17Cl2N3O3/c19-18(20)7-14(18)15(24)22-8-13-9-23(16(25)26-13)12-3-1-11(2-4-12)17(10-21)5-6-17/h1-4,13-14H,5-9H2,(H,22,24)/t13-,14?/m0/s1. The third kappa shape index (κ3) is 3.10. The average molecular weight is 394 g/mol. The Hall–Kier alpha value is -1.97. The van der Waals surface area contributed by atoms with Crippen molar-refractivity contribution in [3.63, 3.8) is 0 Å². The SMILES string of the molecule is N#CC1(c2ccc(N3C[C@H](CNC(=O)C4CC4(Cl)Cl)OC3=O)cc2)CC1. The lowest BCUT2D eigenvalue weighted by Gasteiger charge is -2.14. The highest BCUT2D eigenvalue weighted by molar-refractivity contribution is 6.52. The minimum atomic E-state index is -0.966. The molecule has 136 valence electrons. The monoisotopic (exact) mass is 393 g/mol. The van der Waals surface area contributed by atoms with Gasteiger partial charge in [-0.1, -0.05) is 12.1 Å². The smallest absolute Gasteiger partial charge is 0.414 e. The summed E-state index contributed by atoms with van der Waals surface area (Å²) in [5, 5.41) is 12.0. The molecule has 1 saturated heterocycles. The van der Waals surface area contributed by atoms with Gasteiger partial charge in [-0.3, -0.25) is 9.69 Å². The molecule has 1 heterocycles. The van der Waals surface area contributed by atoms with Crippen LogP contribution >= 0.6 is 23.2 Å². The zero-order chi connectivity index (χ0) is 18.5. The summed E-state index contributed by atoms with van der Waals surface area (Å²) in [5.41, 5.74) is 1.35. The maximum absolute atomic E-state index is 12.1. The number of nitrogens with zero attached hydrogens (tertiary/aromatic N) is 2. The summed E-state index contributed by atoms with van der Waals surface area (Å²) in [4.78, 5) is 25.6. The number of anilines is 1. The Kier molecular flexibility index (Phi) is 4.05. The van der Waals surface area contributed by atoms with E-state index in [9.17, 15) is 14.9 Å². The van der Waals surface area contributed by atoms with Crippen LogP contribution in [0, 0.1) is 17.2 Å². The van der Waals surface area contributed by atoms with Gasteiger partial charge in [0.1, 0.15) is 10.4 Å². The zero-order valence-corrected chi connectivity index (χ0v) is 15.4. The molecule has 2 atom stereocenters. The van der Waals surface area contributed by atoms with Crippen molar-refractivity contribution in [1.29, 1.82) is 5.26 Å². The first-order chi connectivity index (χ1) is 12.3. The number of benzene rings is 1. The first-order valence-electron chi connectivity index (χ1n) is 8.50. The van der Waals surface area contributed by atoms with Gasteiger partial charge < -0.3 is 10.1 Å². The number of carbonyl (C=O) groups excluding carboxylic acids is 2. The van der Waals surface area contributed by atoms with Crippen LogP contribution in [0.3, 0.4) is 0 Å². The molecule has 1 unspecified atom stereocenters. The molecule has 0 bridgehead atoms. The third-order valence-corrected chi connectivity index (χ3v) is 6.05. The molecular weight excluding hydrogens is 377 g/mol. The molecule has 1 aromatic carbocycles. The number of nitriles is 1. The van der Waals surface area contributed by atoms with E-state index in [1.807, 2.05) is 24.3 Å². The average Bonchev–Trinajstić information content (AvgIpc) is 3.51. The summed E-state index contributed by atoms with van der Waals surface area (Å²) in [5.74, 6) is -0.624. The summed E-state index contributed by atoms with van der Waals surface area (Å²) < 4.78 is 4.35. The lowest BCUT2D eigenvalue weighted by atomic mass is 9.97. The fraction of sp³-hybridized carbons (Fsp3) is 0.500. The van der Waals surface area contributed by atoms with Crippen LogP contribution in [-0.2, 0) is 14.9 Å². The minimum Gasteiger partial charge on any atom is -0.442 e. The molecule has 8 heteroatoms. The maximum atomic E-state index is 12.1. The molecule has 3 fully saturated rings. The highest BCUT2D eigenvalue weighted by Gasteiger charge is 2.56. The Morgan fingerprint density at radius 2 is 2.00 bits per heavy atom. The Morgan fingerprint density at radius 3 is 2.54 bits per heavy atom. The Balaban J connectivity index is 1.34. The molecule has 2 aliphatic carbocycles. The number of halogens is 2. The number of amides is 2. The van der Waals surface area contributed by atoms with Gasteiger partial charge in [0.25, 0.3) is 0 Å². The topological polar surface area (TPSA) is 82.4 Å². The van der Waals surface area contributed by atoms with E-state index in [1.54, 1.807) is 0 Å². The van der Waals surface area contributed by atoms with Gasteiger partial charge in [0.15, 0.2) is 0 Å². The minimum absolute atomic E-state index is 0.219. The predicted molar refractivity (Wildman–Crippen MR) is 96.1 cm³/mol. The van der Waals surface area contributed by atoms with Crippen molar-refractivity contribution < 1.29 is 14.3 Å². The van der Waals surface area contributed by atoms with Crippen LogP contribution < -0.4 is 10.2 Å². The number of cyclic esters (lactones) is 1. The number of carbonyl (C=O) groups is 2. The summed E-state index contributed by atoms with van der Waals surface area (Å²) in [6, 6.07) is 9.79. The first kappa shape index (κ1) is 17.4. The van der Waals surface area contributed by atoms with Crippen LogP contribution in [0.5, 0.6) is 0 Å². The molecule has 0 aromatic heterocycles. The Labute approximate surface area is 161 Å². The van der Waals surface area contributed by atoms with Gasteiger partial charge in [0, 0.05) is 5.69 Å². The van der Waals surface area contributed by atoms with E-state index in [4.69, 9.17) is 27.9 Å². The van der Waals surface area contributed by atoms with Crippen LogP contribution in [0.15, 0.2) is 24.3 Å². The van der Waals surface area contributed by atoms with Gasteiger partial charge in [0.2, 0.25) is 5.91 Å². The number of rotatable bonds is 5. The maximum Gasteiger partial charge on any atom is 0.414 e. The van der Waals surface area contributed by atoms with E-state index >= 15 is 0 Å². The van der Waals surface area contributed by atoms with Crippen LogP contribution in [-0.4, -0.2) is 35.5 Å². The van der Waals surface area contributed by atoms with Crippen molar-refractivity contribution in [2.45, 2.75) is 35.1 Å². The van der Waals surface area contributed by atoms with Gasteiger partial charge in [0.05, 0.1) is 30.5 Å². The van der Waals surface area contributed by atoms with Crippen molar-refractivity contribution >= 4 is 40.9 Å². The zero-order valence-electron chi connectivity index (χ0n) is 13.9. The van der Waals surface area contributed by atoms with Crippen molar-refractivity contribution in [3.8, 4) is 6.07 Å². The molecule has 4 rings (SSSR count). The van der Waals surface area contributed by atoms with E-state index in [0.29, 0.717) is 18.7 Å². The number of ether oxygens (including phenoxy) is 1. The van der Waals surface area contributed by atoms with E-state index in [0.717, 1.165) is 18.4 Å². The Bertz CT molecular complexity index is 799. The third-order valence-electron chi connectivity index (χ3n) is 5.22. The van der Waals surface area contributed by atoms with Crippen LogP contribution in [0.1, 0.15) is 24.8 Å². The van der Waals surface area contributed by atoms with Gasteiger partial charge in [-0.25, -0.2) is 4.79 Å². The summed E-state index contributed by atoms with van der Waals surface area (Å²) in [7, 11) is 0. The number of nitrogens with one attached hydrogen (secondary N) is 1. The second-order valence-corrected chi connectivity index (χ2v) is 8.66. The van der Waals surface area contributed by atoms with Crippen molar-refractivity contribution in [2.24, 2.45) is 5.92 Å². The number of hydrogen-bond acceptors (Lipinski definition) is 4. The van der Waals surface area contributed by atoms with Crippen molar-refractivity contribution in [1.82, 2.24) is 5.32 Å². The van der Waals surface area contributed by atoms with Crippen LogP contribution in [0.4, 0.5) is 10.5 Å². The molecule has 6 nitrogen and oxygen atoms in total. The summed E-state index contributed by atoms with van der Waals surface area (Å²) in [6.07, 6.45) is 1.31. The quantitative estimate of drug-likeness (QED) is 0.779. The molecule has 1 aromatic rings. The van der Waals surface area contributed by atoms with Crippen LogP contribution in [0.25, 0.3) is 0 Å². The first-order valence-corrected chi connectivity index (χ1v) is 9.26. The second kappa shape index (κ2) is 6.04. The predicted octanol–water partition coefficient (Wildman–Crippen LogP) is 2.88. The van der Waals surface area contributed by atoms with Crippen molar-refractivity contribution in [3.05, 3.63) is 29.8 Å².